The fraction of sp³-hybridized carbons (Fsp3) is 0.889. The van der Waals surface area contributed by atoms with E-state index in [-0.39, 0.29) is 17.5 Å². The summed E-state index contributed by atoms with van der Waals surface area (Å²) in [6, 6.07) is -0.140. The van der Waals surface area contributed by atoms with Crippen molar-refractivity contribution in [3.63, 3.8) is 0 Å². The van der Waals surface area contributed by atoms with Gasteiger partial charge < -0.3 is 10.2 Å². The van der Waals surface area contributed by atoms with E-state index in [9.17, 15) is 13.2 Å². The SMILES string of the molecule is CCCCNC(=O)N1CCS(=O)(=O)CC1. The largest absolute Gasteiger partial charge is 0.338 e. The van der Waals surface area contributed by atoms with Gasteiger partial charge in [-0.3, -0.25) is 0 Å². The molecule has 1 saturated heterocycles. The van der Waals surface area contributed by atoms with Gasteiger partial charge >= 0.3 is 6.03 Å². The van der Waals surface area contributed by atoms with Crippen LogP contribution in [0.2, 0.25) is 0 Å². The number of rotatable bonds is 3. The van der Waals surface area contributed by atoms with E-state index < -0.39 is 9.84 Å². The molecule has 5 nitrogen and oxygen atoms in total. The van der Waals surface area contributed by atoms with Crippen LogP contribution >= 0.6 is 0 Å². The molecule has 0 unspecified atom stereocenters. The minimum absolute atomic E-state index is 0.0915. The molecule has 0 radical (unpaired) electrons. The minimum Gasteiger partial charge on any atom is -0.338 e. The quantitative estimate of drug-likeness (QED) is 0.711. The van der Waals surface area contributed by atoms with Crippen molar-refractivity contribution in [3.8, 4) is 0 Å². The Morgan fingerprint density at radius 1 is 1.33 bits per heavy atom. The molecule has 1 aliphatic rings. The van der Waals surface area contributed by atoms with Crippen molar-refractivity contribution in [1.29, 1.82) is 0 Å². The number of sulfone groups is 1. The highest BCUT2D eigenvalue weighted by Gasteiger charge is 2.24. The normalized spacial score (nSPS) is 19.9. The number of amides is 2. The van der Waals surface area contributed by atoms with Crippen molar-refractivity contribution >= 4 is 15.9 Å². The Labute approximate surface area is 90.7 Å². The number of hydrogen-bond donors (Lipinski definition) is 1. The van der Waals surface area contributed by atoms with E-state index in [1.165, 1.54) is 0 Å². The van der Waals surface area contributed by atoms with Crippen LogP contribution in [0.15, 0.2) is 0 Å². The van der Waals surface area contributed by atoms with E-state index in [4.69, 9.17) is 0 Å². The summed E-state index contributed by atoms with van der Waals surface area (Å²) < 4.78 is 22.2. The van der Waals surface area contributed by atoms with Crippen LogP contribution in [0, 0.1) is 0 Å². The number of carbonyl (C=O) groups is 1. The summed E-state index contributed by atoms with van der Waals surface area (Å²) in [6.07, 6.45) is 1.99. The Balaban J connectivity index is 2.30. The fourth-order valence-electron chi connectivity index (χ4n) is 1.40. The summed E-state index contributed by atoms with van der Waals surface area (Å²) in [5, 5.41) is 2.77. The minimum atomic E-state index is -2.90. The van der Waals surface area contributed by atoms with Crippen molar-refractivity contribution < 1.29 is 13.2 Å². The van der Waals surface area contributed by atoms with Gasteiger partial charge in [0.15, 0.2) is 9.84 Å². The highest BCUT2D eigenvalue weighted by molar-refractivity contribution is 7.91. The summed E-state index contributed by atoms with van der Waals surface area (Å²) in [5.74, 6) is 0.183. The van der Waals surface area contributed by atoms with E-state index in [0.717, 1.165) is 12.8 Å². The lowest BCUT2D eigenvalue weighted by molar-refractivity contribution is 0.202. The molecule has 6 heteroatoms. The lowest BCUT2D eigenvalue weighted by Gasteiger charge is -2.26. The van der Waals surface area contributed by atoms with Crippen molar-refractivity contribution in [3.05, 3.63) is 0 Å². The Hall–Kier alpha value is -0.780. The first-order valence-corrected chi connectivity index (χ1v) is 7.10. The Morgan fingerprint density at radius 3 is 2.47 bits per heavy atom. The van der Waals surface area contributed by atoms with Crippen molar-refractivity contribution in [1.82, 2.24) is 10.2 Å². The number of hydrogen-bond acceptors (Lipinski definition) is 3. The fourth-order valence-corrected chi connectivity index (χ4v) is 2.60. The van der Waals surface area contributed by atoms with Gasteiger partial charge in [0, 0.05) is 19.6 Å². The molecule has 1 heterocycles. The molecule has 88 valence electrons. The maximum Gasteiger partial charge on any atom is 0.317 e. The highest BCUT2D eigenvalue weighted by Crippen LogP contribution is 2.03. The van der Waals surface area contributed by atoms with Crippen LogP contribution < -0.4 is 5.32 Å². The molecule has 0 aromatic rings. The second-order valence-corrected chi connectivity index (χ2v) is 6.03. The monoisotopic (exact) mass is 234 g/mol. The average molecular weight is 234 g/mol. The van der Waals surface area contributed by atoms with Gasteiger partial charge in [0.1, 0.15) is 0 Å². The average Bonchev–Trinajstić information content (AvgIpc) is 2.18. The first-order valence-electron chi connectivity index (χ1n) is 5.28. The maximum atomic E-state index is 11.5. The third-order valence-electron chi connectivity index (χ3n) is 2.44. The Morgan fingerprint density at radius 2 is 1.93 bits per heavy atom. The molecule has 0 spiro atoms. The summed E-state index contributed by atoms with van der Waals surface area (Å²) in [5.41, 5.74) is 0. The zero-order valence-corrected chi connectivity index (χ0v) is 9.85. The number of unbranched alkanes of at least 4 members (excludes halogenated alkanes) is 1. The van der Waals surface area contributed by atoms with Gasteiger partial charge in [0.2, 0.25) is 0 Å². The number of nitrogens with zero attached hydrogens (tertiary/aromatic N) is 1. The summed E-state index contributed by atoms with van der Waals surface area (Å²) >= 11 is 0. The van der Waals surface area contributed by atoms with Crippen LogP contribution in [-0.2, 0) is 9.84 Å². The van der Waals surface area contributed by atoms with Gasteiger partial charge in [-0.1, -0.05) is 13.3 Å². The van der Waals surface area contributed by atoms with Crippen LogP contribution in [0.25, 0.3) is 0 Å². The molecular weight excluding hydrogens is 216 g/mol. The molecule has 0 bridgehead atoms. The molecule has 1 aliphatic heterocycles. The van der Waals surface area contributed by atoms with Gasteiger partial charge in [-0.15, -0.1) is 0 Å². The number of urea groups is 1. The third-order valence-corrected chi connectivity index (χ3v) is 4.05. The van der Waals surface area contributed by atoms with Crippen molar-refractivity contribution in [2.24, 2.45) is 0 Å². The molecule has 1 fully saturated rings. The molecule has 15 heavy (non-hydrogen) atoms. The van der Waals surface area contributed by atoms with Crippen LogP contribution in [0.3, 0.4) is 0 Å². The van der Waals surface area contributed by atoms with E-state index in [1.54, 1.807) is 4.90 Å². The molecule has 0 aromatic heterocycles. The molecule has 1 rings (SSSR count). The first kappa shape index (κ1) is 12.3. The molecule has 0 aromatic carbocycles. The van der Waals surface area contributed by atoms with Gasteiger partial charge in [-0.2, -0.15) is 0 Å². The zero-order chi connectivity index (χ0) is 11.3. The van der Waals surface area contributed by atoms with Crippen LogP contribution in [0.4, 0.5) is 4.79 Å². The second kappa shape index (κ2) is 5.34. The number of nitrogens with one attached hydrogen (secondary N) is 1. The summed E-state index contributed by atoms with van der Waals surface area (Å²) in [4.78, 5) is 13.1. The van der Waals surface area contributed by atoms with Crippen molar-refractivity contribution in [2.45, 2.75) is 19.8 Å². The molecule has 0 atom stereocenters. The Kier molecular flexibility index (Phi) is 4.38. The van der Waals surface area contributed by atoms with E-state index in [2.05, 4.69) is 12.2 Å². The molecule has 0 aliphatic carbocycles. The molecule has 0 saturated carbocycles. The van der Waals surface area contributed by atoms with Gasteiger partial charge in [-0.25, -0.2) is 13.2 Å². The zero-order valence-electron chi connectivity index (χ0n) is 9.03. The number of carbonyl (C=O) groups excluding carboxylic acids is 1. The van der Waals surface area contributed by atoms with E-state index in [0.29, 0.717) is 19.6 Å². The first-order chi connectivity index (χ1) is 7.05. The van der Waals surface area contributed by atoms with E-state index >= 15 is 0 Å². The smallest absolute Gasteiger partial charge is 0.317 e. The summed E-state index contributed by atoms with van der Waals surface area (Å²) in [7, 11) is -2.90. The molecule has 2 amide bonds. The molecule has 1 N–H and O–H groups in total. The van der Waals surface area contributed by atoms with Gasteiger partial charge in [0.05, 0.1) is 11.5 Å². The lowest BCUT2D eigenvalue weighted by atomic mass is 10.3. The summed E-state index contributed by atoms with van der Waals surface area (Å²) in [6.45, 7) is 3.36. The van der Waals surface area contributed by atoms with E-state index in [1.807, 2.05) is 0 Å². The van der Waals surface area contributed by atoms with Gasteiger partial charge in [0.25, 0.3) is 0 Å². The third kappa shape index (κ3) is 4.07. The predicted octanol–water partition coefficient (Wildman–Crippen LogP) is 0.226. The lowest BCUT2D eigenvalue weighted by Crippen LogP contribution is -2.48. The topological polar surface area (TPSA) is 66.5 Å². The maximum absolute atomic E-state index is 11.5. The van der Waals surface area contributed by atoms with Crippen molar-refractivity contribution in [2.75, 3.05) is 31.1 Å². The standard InChI is InChI=1S/C9H18N2O3S/c1-2-3-4-10-9(12)11-5-7-15(13,14)8-6-11/h2-8H2,1H3,(H,10,12). The highest BCUT2D eigenvalue weighted by atomic mass is 32.2. The van der Waals surface area contributed by atoms with Gasteiger partial charge in [-0.05, 0) is 6.42 Å². The van der Waals surface area contributed by atoms with Crippen LogP contribution in [0.1, 0.15) is 19.8 Å². The Bertz CT molecular complexity index is 299. The molecular formula is C9H18N2O3S. The van der Waals surface area contributed by atoms with Crippen LogP contribution in [0.5, 0.6) is 0 Å². The predicted molar refractivity (Wildman–Crippen MR) is 58.5 cm³/mol. The van der Waals surface area contributed by atoms with Crippen LogP contribution in [-0.4, -0.2) is 50.5 Å². The second-order valence-electron chi connectivity index (χ2n) is 3.72.